The van der Waals surface area contributed by atoms with Crippen molar-refractivity contribution in [2.24, 2.45) is 10.9 Å². The molecule has 3 aromatic heterocycles. The van der Waals surface area contributed by atoms with Gasteiger partial charge in [0.1, 0.15) is 16.7 Å². The van der Waals surface area contributed by atoms with Crippen molar-refractivity contribution in [2.45, 2.75) is 25.4 Å². The lowest BCUT2D eigenvalue weighted by atomic mass is 9.95. The van der Waals surface area contributed by atoms with Gasteiger partial charge in [-0.05, 0) is 18.9 Å². The van der Waals surface area contributed by atoms with Crippen molar-refractivity contribution in [3.8, 4) is 11.5 Å². The zero-order valence-electron chi connectivity index (χ0n) is 16.2. The number of aliphatic imine (C=N–C) groups is 1. The molecule has 3 aromatic rings. The Balaban J connectivity index is 1.46. The van der Waals surface area contributed by atoms with Gasteiger partial charge in [0, 0.05) is 43.5 Å². The number of aromatic nitrogens is 5. The molecular formula is C20H17ClF3N7. The Morgan fingerprint density at radius 1 is 1.13 bits per heavy atom. The van der Waals surface area contributed by atoms with E-state index in [4.69, 9.17) is 11.6 Å². The van der Waals surface area contributed by atoms with Gasteiger partial charge in [-0.2, -0.15) is 13.2 Å². The molecule has 0 aromatic carbocycles. The number of allylic oxidation sites excluding steroid dienone is 1. The molecule has 160 valence electrons. The van der Waals surface area contributed by atoms with Gasteiger partial charge in [0.05, 0.1) is 12.4 Å². The Kier molecular flexibility index (Phi) is 4.88. The van der Waals surface area contributed by atoms with Gasteiger partial charge in [-0.3, -0.25) is 4.40 Å². The Morgan fingerprint density at radius 2 is 2.00 bits per heavy atom. The molecule has 0 aliphatic carbocycles. The standard InChI is InChI=1S/C20H17ClF3N7/c21-16-4-3-13(28-16)12-2-1-7-30(10-12)17-5-6-25-19(29-17)14-8-27-18-9-26-15(11-31(14)18)20(22,23)24/h3,5-6,8-9,11-12H,1-2,4,7,10H2. The van der Waals surface area contributed by atoms with Crippen molar-refractivity contribution < 1.29 is 13.2 Å². The Hall–Kier alpha value is -3.01. The SMILES string of the molecule is FC(F)(F)c1cn2c(-c3nccc(N4CCCC(C5=CCC(Cl)=N5)C4)n3)cnc2cn1. The van der Waals surface area contributed by atoms with Crippen LogP contribution >= 0.6 is 11.6 Å². The van der Waals surface area contributed by atoms with Crippen LogP contribution in [0.2, 0.25) is 0 Å². The molecule has 0 saturated carbocycles. The molecule has 1 atom stereocenters. The lowest BCUT2D eigenvalue weighted by Crippen LogP contribution is -2.36. The molecule has 1 unspecified atom stereocenters. The minimum atomic E-state index is -4.55. The van der Waals surface area contributed by atoms with Crippen LogP contribution < -0.4 is 4.90 Å². The van der Waals surface area contributed by atoms with Crippen LogP contribution in [-0.2, 0) is 6.18 Å². The largest absolute Gasteiger partial charge is 0.434 e. The zero-order valence-corrected chi connectivity index (χ0v) is 17.0. The molecule has 0 amide bonds. The van der Waals surface area contributed by atoms with Gasteiger partial charge in [-0.15, -0.1) is 0 Å². The fourth-order valence-corrected chi connectivity index (χ4v) is 4.13. The predicted molar refractivity (Wildman–Crippen MR) is 110 cm³/mol. The molecule has 7 nitrogen and oxygen atoms in total. The number of piperidine rings is 1. The highest BCUT2D eigenvalue weighted by atomic mass is 35.5. The third kappa shape index (κ3) is 3.87. The van der Waals surface area contributed by atoms with Crippen molar-refractivity contribution in [1.29, 1.82) is 0 Å². The summed E-state index contributed by atoms with van der Waals surface area (Å²) in [6.07, 6.45) is 5.25. The van der Waals surface area contributed by atoms with E-state index in [9.17, 15) is 13.2 Å². The van der Waals surface area contributed by atoms with Crippen LogP contribution in [0.1, 0.15) is 25.0 Å². The van der Waals surface area contributed by atoms with Gasteiger partial charge >= 0.3 is 6.18 Å². The molecule has 11 heteroatoms. The fourth-order valence-electron chi connectivity index (χ4n) is 3.95. The van der Waals surface area contributed by atoms with Gasteiger partial charge in [0.25, 0.3) is 0 Å². The van der Waals surface area contributed by atoms with Gasteiger partial charge < -0.3 is 4.90 Å². The van der Waals surface area contributed by atoms with E-state index in [0.717, 1.165) is 44.0 Å². The molecule has 5 rings (SSSR count). The summed E-state index contributed by atoms with van der Waals surface area (Å²) < 4.78 is 40.6. The van der Waals surface area contributed by atoms with Crippen molar-refractivity contribution in [3.05, 3.63) is 48.3 Å². The summed E-state index contributed by atoms with van der Waals surface area (Å²) in [5.74, 6) is 1.27. The number of hydrogen-bond acceptors (Lipinski definition) is 6. The Bertz CT molecular complexity index is 1200. The molecular weight excluding hydrogens is 431 g/mol. The summed E-state index contributed by atoms with van der Waals surface area (Å²) in [5.41, 5.74) is 0.669. The lowest BCUT2D eigenvalue weighted by Gasteiger charge is -2.33. The van der Waals surface area contributed by atoms with E-state index in [1.165, 1.54) is 10.6 Å². The fraction of sp³-hybridized carbons (Fsp3) is 0.350. The number of fused-ring (bicyclic) bond motifs is 1. The predicted octanol–water partition coefficient (Wildman–Crippen LogP) is 4.35. The van der Waals surface area contributed by atoms with Crippen molar-refractivity contribution in [3.63, 3.8) is 0 Å². The van der Waals surface area contributed by atoms with E-state index in [2.05, 4.69) is 35.9 Å². The van der Waals surface area contributed by atoms with Crippen LogP contribution in [0.4, 0.5) is 19.0 Å². The molecule has 1 fully saturated rings. The molecule has 31 heavy (non-hydrogen) atoms. The Morgan fingerprint density at radius 3 is 2.77 bits per heavy atom. The number of imidazole rings is 1. The monoisotopic (exact) mass is 447 g/mol. The third-order valence-electron chi connectivity index (χ3n) is 5.45. The third-order valence-corrected chi connectivity index (χ3v) is 5.69. The molecule has 5 heterocycles. The Labute approximate surface area is 180 Å². The van der Waals surface area contributed by atoms with Gasteiger partial charge in [0.2, 0.25) is 0 Å². The maximum atomic E-state index is 13.1. The van der Waals surface area contributed by atoms with Crippen LogP contribution in [0.25, 0.3) is 17.2 Å². The first-order chi connectivity index (χ1) is 14.9. The van der Waals surface area contributed by atoms with E-state index in [0.29, 0.717) is 28.9 Å². The maximum Gasteiger partial charge on any atom is 0.434 e. The smallest absolute Gasteiger partial charge is 0.356 e. The van der Waals surface area contributed by atoms with E-state index < -0.39 is 11.9 Å². The quantitative estimate of drug-likeness (QED) is 0.597. The van der Waals surface area contributed by atoms with E-state index in [1.54, 1.807) is 12.3 Å². The van der Waals surface area contributed by atoms with E-state index in [1.807, 2.05) is 0 Å². The van der Waals surface area contributed by atoms with Gasteiger partial charge in [-0.1, -0.05) is 17.7 Å². The molecule has 2 aliphatic heterocycles. The molecule has 0 spiro atoms. The minimum absolute atomic E-state index is 0.264. The first-order valence-corrected chi connectivity index (χ1v) is 10.2. The lowest BCUT2D eigenvalue weighted by molar-refractivity contribution is -0.141. The average molecular weight is 448 g/mol. The molecule has 1 saturated heterocycles. The molecule has 0 radical (unpaired) electrons. The van der Waals surface area contributed by atoms with Crippen molar-refractivity contribution in [1.82, 2.24) is 24.3 Å². The number of halogens is 4. The van der Waals surface area contributed by atoms with Crippen molar-refractivity contribution >= 4 is 28.2 Å². The summed E-state index contributed by atoms with van der Waals surface area (Å²) in [6.45, 7) is 1.57. The topological polar surface area (TPSA) is 71.6 Å². The van der Waals surface area contributed by atoms with E-state index >= 15 is 0 Å². The normalized spacial score (nSPS) is 19.6. The summed E-state index contributed by atoms with van der Waals surface area (Å²) in [6, 6.07) is 1.80. The average Bonchev–Trinajstić information content (AvgIpc) is 3.39. The van der Waals surface area contributed by atoms with Crippen LogP contribution in [0.5, 0.6) is 0 Å². The highest BCUT2D eigenvalue weighted by Gasteiger charge is 2.33. The van der Waals surface area contributed by atoms with Crippen LogP contribution in [0.15, 0.2) is 47.6 Å². The summed E-state index contributed by atoms with van der Waals surface area (Å²) in [7, 11) is 0. The number of hydrogen-bond donors (Lipinski definition) is 0. The van der Waals surface area contributed by atoms with Crippen molar-refractivity contribution in [2.75, 3.05) is 18.0 Å². The number of rotatable bonds is 3. The number of nitrogens with zero attached hydrogens (tertiary/aromatic N) is 7. The van der Waals surface area contributed by atoms with E-state index in [-0.39, 0.29) is 11.6 Å². The molecule has 2 aliphatic rings. The summed E-state index contributed by atoms with van der Waals surface area (Å²) in [4.78, 5) is 23.1. The minimum Gasteiger partial charge on any atom is -0.356 e. The van der Waals surface area contributed by atoms with Gasteiger partial charge in [0.15, 0.2) is 17.2 Å². The zero-order chi connectivity index (χ0) is 21.6. The second-order valence-electron chi connectivity index (χ2n) is 7.49. The van der Waals surface area contributed by atoms with Crippen LogP contribution in [0, 0.1) is 5.92 Å². The number of alkyl halides is 3. The number of anilines is 1. The second kappa shape index (κ2) is 7.60. The van der Waals surface area contributed by atoms with Crippen LogP contribution in [0.3, 0.4) is 0 Å². The second-order valence-corrected chi connectivity index (χ2v) is 7.92. The molecule has 0 N–H and O–H groups in total. The first-order valence-electron chi connectivity index (χ1n) is 9.80. The maximum absolute atomic E-state index is 13.1. The van der Waals surface area contributed by atoms with Crippen LogP contribution in [-0.4, -0.2) is 42.6 Å². The highest BCUT2D eigenvalue weighted by molar-refractivity contribution is 6.66. The van der Waals surface area contributed by atoms with Gasteiger partial charge in [-0.25, -0.2) is 24.9 Å². The highest BCUT2D eigenvalue weighted by Crippen LogP contribution is 2.32. The summed E-state index contributed by atoms with van der Waals surface area (Å²) >= 11 is 6.02. The summed E-state index contributed by atoms with van der Waals surface area (Å²) in [5, 5.41) is 0.608. The molecule has 0 bridgehead atoms. The first kappa shape index (κ1) is 19.9.